The third kappa shape index (κ3) is 4.59. The first-order valence-electron chi connectivity index (χ1n) is 11.5. The van der Waals surface area contributed by atoms with Gasteiger partial charge in [-0.05, 0) is 17.7 Å². The van der Waals surface area contributed by atoms with Gasteiger partial charge in [0.1, 0.15) is 0 Å². The maximum atomic E-state index is 5.66. The Hall–Kier alpha value is -3.87. The van der Waals surface area contributed by atoms with E-state index < -0.39 is 7.05 Å². The Morgan fingerprint density at radius 1 is 0.471 bits per heavy atom. The van der Waals surface area contributed by atoms with E-state index >= 15 is 0 Å². The fourth-order valence-electron chi connectivity index (χ4n) is 4.22. The minimum atomic E-state index is -2.31. The maximum Gasteiger partial charge on any atom is 0.0856 e. The summed E-state index contributed by atoms with van der Waals surface area (Å²) in [6.45, 7) is 0.751. The van der Waals surface area contributed by atoms with Gasteiger partial charge < -0.3 is 5.32 Å². The number of rotatable bonds is 7. The van der Waals surface area contributed by atoms with Crippen LogP contribution >= 0.6 is 7.05 Å². The third-order valence-electron chi connectivity index (χ3n) is 5.88. The van der Waals surface area contributed by atoms with Crippen LogP contribution in [-0.2, 0) is 6.54 Å². The van der Waals surface area contributed by atoms with Gasteiger partial charge >= 0.3 is 0 Å². The van der Waals surface area contributed by atoms with E-state index in [1.807, 2.05) is 6.07 Å². The van der Waals surface area contributed by atoms with Crippen LogP contribution in [0.15, 0.2) is 150 Å². The molecule has 34 heavy (non-hydrogen) atoms. The lowest BCUT2D eigenvalue weighted by Crippen LogP contribution is -2.25. The summed E-state index contributed by atoms with van der Waals surface area (Å²) in [6, 6.07) is 51.1. The molecule has 0 aromatic heterocycles. The van der Waals surface area contributed by atoms with Crippen molar-refractivity contribution in [2.24, 2.45) is 4.74 Å². The lowest BCUT2D eigenvalue weighted by Gasteiger charge is -2.27. The van der Waals surface area contributed by atoms with Crippen LogP contribution in [0.4, 0.5) is 11.4 Å². The Labute approximate surface area is 202 Å². The summed E-state index contributed by atoms with van der Waals surface area (Å²) >= 11 is 0. The molecule has 0 saturated carbocycles. The van der Waals surface area contributed by atoms with Gasteiger partial charge in [0.25, 0.3) is 0 Å². The van der Waals surface area contributed by atoms with Crippen LogP contribution < -0.4 is 21.2 Å². The Kier molecular flexibility index (Phi) is 6.70. The van der Waals surface area contributed by atoms with Crippen LogP contribution in [0.5, 0.6) is 0 Å². The van der Waals surface area contributed by atoms with Gasteiger partial charge in [-0.15, -0.1) is 0 Å². The van der Waals surface area contributed by atoms with Gasteiger partial charge in [-0.2, -0.15) is 0 Å². The second kappa shape index (κ2) is 10.4. The molecule has 0 aliphatic heterocycles. The first-order chi connectivity index (χ1) is 16.9. The average molecular weight is 459 g/mol. The smallest absolute Gasteiger partial charge is 0.0856 e. The highest BCUT2D eigenvalue weighted by molar-refractivity contribution is 7.87. The lowest BCUT2D eigenvalue weighted by atomic mass is 10.2. The maximum absolute atomic E-state index is 5.66. The second-order valence-electron chi connectivity index (χ2n) is 8.10. The Bertz CT molecular complexity index is 1280. The van der Waals surface area contributed by atoms with Crippen LogP contribution in [0, 0.1) is 0 Å². The Balaban J connectivity index is 1.73. The van der Waals surface area contributed by atoms with Crippen molar-refractivity contribution in [1.82, 2.24) is 0 Å². The number of nitrogens with zero attached hydrogens (tertiary/aromatic N) is 1. The largest absolute Gasteiger partial charge is 0.379 e. The zero-order chi connectivity index (χ0) is 23.1. The van der Waals surface area contributed by atoms with Gasteiger partial charge in [0, 0.05) is 22.5 Å². The van der Waals surface area contributed by atoms with Crippen LogP contribution in [0.1, 0.15) is 5.56 Å². The zero-order valence-corrected chi connectivity index (χ0v) is 19.9. The molecule has 0 aliphatic carbocycles. The molecule has 0 heterocycles. The molecular formula is C31H27N2P. The molecule has 3 heteroatoms. The first kappa shape index (κ1) is 21.9. The van der Waals surface area contributed by atoms with E-state index in [1.165, 1.54) is 21.5 Å². The first-order valence-corrected chi connectivity index (χ1v) is 13.3. The molecule has 0 saturated heterocycles. The van der Waals surface area contributed by atoms with E-state index in [0.29, 0.717) is 0 Å². The van der Waals surface area contributed by atoms with Crippen molar-refractivity contribution < 1.29 is 0 Å². The van der Waals surface area contributed by atoms with E-state index in [1.54, 1.807) is 0 Å². The van der Waals surface area contributed by atoms with Gasteiger partial charge in [-0.1, -0.05) is 133 Å². The van der Waals surface area contributed by atoms with Crippen molar-refractivity contribution in [2.45, 2.75) is 6.54 Å². The molecule has 0 unspecified atom stereocenters. The molecule has 0 atom stereocenters. The average Bonchev–Trinajstić information content (AvgIpc) is 2.93. The van der Waals surface area contributed by atoms with Crippen molar-refractivity contribution in [2.75, 3.05) is 5.32 Å². The molecule has 0 aliphatic rings. The normalized spacial score (nSPS) is 11.1. The minimum absolute atomic E-state index is 0.751. The number of anilines is 1. The summed E-state index contributed by atoms with van der Waals surface area (Å²) in [5, 5.41) is 7.35. The molecule has 5 aromatic rings. The SMILES string of the molecule is c1ccc(CNc2ccccc2N=P(c2ccccc2)(c2ccccc2)c2ccccc2)cc1. The van der Waals surface area contributed by atoms with Gasteiger partial charge in [0.05, 0.1) is 18.4 Å². The number of para-hydroxylation sites is 1. The molecular weight excluding hydrogens is 431 g/mol. The fraction of sp³-hybridized carbons (Fsp3) is 0.0323. The number of hydrogen-bond acceptors (Lipinski definition) is 2. The Morgan fingerprint density at radius 3 is 1.38 bits per heavy atom. The molecule has 0 spiro atoms. The molecule has 2 nitrogen and oxygen atoms in total. The predicted octanol–water partition coefficient (Wildman–Crippen LogP) is 7.11. The summed E-state index contributed by atoms with van der Waals surface area (Å²) in [6.07, 6.45) is 0. The van der Waals surface area contributed by atoms with E-state index in [-0.39, 0.29) is 0 Å². The van der Waals surface area contributed by atoms with Crippen molar-refractivity contribution in [3.63, 3.8) is 0 Å². The molecule has 166 valence electrons. The van der Waals surface area contributed by atoms with Crippen LogP contribution in [0.3, 0.4) is 0 Å². The summed E-state index contributed by atoms with van der Waals surface area (Å²) in [7, 11) is -2.31. The molecule has 5 rings (SSSR count). The molecule has 0 fully saturated rings. The summed E-state index contributed by atoms with van der Waals surface area (Å²) in [5.74, 6) is 0. The summed E-state index contributed by atoms with van der Waals surface area (Å²) in [5.41, 5.74) is 3.26. The highest BCUT2D eigenvalue weighted by Gasteiger charge is 2.27. The van der Waals surface area contributed by atoms with Crippen molar-refractivity contribution in [3.05, 3.63) is 151 Å². The number of benzene rings is 5. The highest BCUT2D eigenvalue weighted by Crippen LogP contribution is 2.50. The molecule has 5 aromatic carbocycles. The lowest BCUT2D eigenvalue weighted by molar-refractivity contribution is 1.15. The standard InChI is InChI=1S/C31H27N2P/c1-5-15-26(16-6-1)25-32-30-23-13-14-24-31(30)33-34(27-17-7-2-8-18-27,28-19-9-3-10-20-28)29-21-11-4-12-22-29/h1-24,32H,25H2. The van der Waals surface area contributed by atoms with Crippen molar-refractivity contribution >= 4 is 34.3 Å². The van der Waals surface area contributed by atoms with E-state index in [4.69, 9.17) is 4.74 Å². The molecule has 0 radical (unpaired) electrons. The van der Waals surface area contributed by atoms with Crippen LogP contribution in [0.2, 0.25) is 0 Å². The quantitative estimate of drug-likeness (QED) is 0.258. The zero-order valence-electron chi connectivity index (χ0n) is 19.0. The highest BCUT2D eigenvalue weighted by atomic mass is 31.2. The molecule has 0 bridgehead atoms. The predicted molar refractivity (Wildman–Crippen MR) is 147 cm³/mol. The summed E-state index contributed by atoms with van der Waals surface area (Å²) in [4.78, 5) is 0. The fourth-order valence-corrected chi connectivity index (χ4v) is 7.77. The molecule has 1 N–H and O–H groups in total. The van der Waals surface area contributed by atoms with Crippen molar-refractivity contribution in [3.8, 4) is 0 Å². The van der Waals surface area contributed by atoms with Gasteiger partial charge in [0.2, 0.25) is 0 Å². The van der Waals surface area contributed by atoms with E-state index in [0.717, 1.165) is 17.9 Å². The van der Waals surface area contributed by atoms with E-state index in [2.05, 4.69) is 145 Å². The number of hydrogen-bond donors (Lipinski definition) is 1. The Morgan fingerprint density at radius 2 is 0.882 bits per heavy atom. The van der Waals surface area contributed by atoms with Crippen LogP contribution in [-0.4, -0.2) is 0 Å². The third-order valence-corrected chi connectivity index (χ3v) is 9.53. The topological polar surface area (TPSA) is 24.4 Å². The van der Waals surface area contributed by atoms with Gasteiger partial charge in [-0.3, -0.25) is 4.74 Å². The number of nitrogens with one attached hydrogen (secondary N) is 1. The van der Waals surface area contributed by atoms with Gasteiger partial charge in [0.15, 0.2) is 0 Å². The minimum Gasteiger partial charge on any atom is -0.379 e. The van der Waals surface area contributed by atoms with Crippen LogP contribution in [0.25, 0.3) is 0 Å². The monoisotopic (exact) mass is 458 g/mol. The van der Waals surface area contributed by atoms with E-state index in [9.17, 15) is 0 Å². The molecule has 0 amide bonds. The second-order valence-corrected chi connectivity index (χ2v) is 11.1. The van der Waals surface area contributed by atoms with Crippen molar-refractivity contribution in [1.29, 1.82) is 0 Å². The summed E-state index contributed by atoms with van der Waals surface area (Å²) < 4.78 is 5.66. The van der Waals surface area contributed by atoms with Gasteiger partial charge in [-0.25, -0.2) is 0 Å².